The van der Waals surface area contributed by atoms with Gasteiger partial charge in [0, 0.05) is 12.8 Å². The summed E-state index contributed by atoms with van der Waals surface area (Å²) in [6, 6.07) is 0. The Morgan fingerprint density at radius 2 is 1.82 bits per heavy atom. The molecule has 2 rings (SSSR count). The third kappa shape index (κ3) is 6.64. The first kappa shape index (κ1) is 21.9. The number of nitrogens with zero attached hydrogens (tertiary/aromatic N) is 3. The van der Waals surface area contributed by atoms with Gasteiger partial charge in [-0.15, -0.1) is 0 Å². The standard InChI is InChI=1S/C15H21N5O6S2/c1-3-5-10(21)25-8-27-14-12-13(17-7-16-12)18-15(19-14)20-28(23,24)9-26-11(22)6-4-2/h7H,3-6,8-9H2,1-2H3,(H2,16,17,18,19,20). The molecule has 28 heavy (non-hydrogen) atoms. The first-order valence-corrected chi connectivity index (χ1v) is 11.1. The van der Waals surface area contributed by atoms with E-state index >= 15 is 0 Å². The number of aromatic nitrogens is 4. The van der Waals surface area contributed by atoms with Crippen molar-refractivity contribution in [1.29, 1.82) is 0 Å². The van der Waals surface area contributed by atoms with Crippen LogP contribution >= 0.6 is 11.8 Å². The van der Waals surface area contributed by atoms with Gasteiger partial charge in [-0.3, -0.25) is 9.59 Å². The maximum atomic E-state index is 12.1. The van der Waals surface area contributed by atoms with E-state index in [-0.39, 0.29) is 29.9 Å². The monoisotopic (exact) mass is 431 g/mol. The molecule has 2 N–H and O–H groups in total. The number of H-pyrrole nitrogens is 1. The summed E-state index contributed by atoms with van der Waals surface area (Å²) in [6.07, 6.45) is 3.05. The molecule has 0 aliphatic carbocycles. The number of esters is 2. The normalized spacial score (nSPS) is 11.4. The summed E-state index contributed by atoms with van der Waals surface area (Å²) in [5.74, 6) is -2.01. The number of thioether (sulfide) groups is 1. The largest absolute Gasteiger partial charge is 0.454 e. The highest BCUT2D eigenvalue weighted by atomic mass is 32.2. The molecule has 11 nitrogen and oxygen atoms in total. The Kier molecular flexibility index (Phi) is 7.99. The lowest BCUT2D eigenvalue weighted by Crippen LogP contribution is -2.22. The summed E-state index contributed by atoms with van der Waals surface area (Å²) in [5, 5.41) is 0.354. The molecule has 0 bridgehead atoms. The van der Waals surface area contributed by atoms with Gasteiger partial charge in [-0.2, -0.15) is 4.98 Å². The molecule has 13 heteroatoms. The van der Waals surface area contributed by atoms with Crippen molar-refractivity contribution in [1.82, 2.24) is 19.9 Å². The van der Waals surface area contributed by atoms with Crippen molar-refractivity contribution < 1.29 is 27.5 Å². The van der Waals surface area contributed by atoms with Crippen molar-refractivity contribution >= 4 is 50.8 Å². The molecule has 0 radical (unpaired) electrons. The lowest BCUT2D eigenvalue weighted by molar-refractivity contribution is -0.142. The van der Waals surface area contributed by atoms with Gasteiger partial charge in [0.05, 0.1) is 6.33 Å². The van der Waals surface area contributed by atoms with Crippen molar-refractivity contribution in [3.8, 4) is 0 Å². The number of fused-ring (bicyclic) bond motifs is 1. The summed E-state index contributed by atoms with van der Waals surface area (Å²) in [7, 11) is -4.01. The number of nitrogens with one attached hydrogen (secondary N) is 2. The molecule has 0 saturated heterocycles. The summed E-state index contributed by atoms with van der Waals surface area (Å²) in [5.41, 5.74) is 0.715. The molecule has 0 spiro atoms. The Balaban J connectivity index is 2.08. The van der Waals surface area contributed by atoms with Crippen molar-refractivity contribution in [2.24, 2.45) is 0 Å². The van der Waals surface area contributed by atoms with Crippen LogP contribution < -0.4 is 4.72 Å². The summed E-state index contributed by atoms with van der Waals surface area (Å²) in [4.78, 5) is 37.8. The van der Waals surface area contributed by atoms with Crippen LogP contribution in [0.4, 0.5) is 5.95 Å². The number of ether oxygens (including phenoxy) is 2. The second kappa shape index (κ2) is 10.2. The minimum absolute atomic E-state index is 0.00475. The number of hydrogen-bond acceptors (Lipinski definition) is 10. The second-order valence-corrected chi connectivity index (χ2v) is 8.16. The number of anilines is 1. The summed E-state index contributed by atoms with van der Waals surface area (Å²) < 4.78 is 36.1. The average Bonchev–Trinajstić information content (AvgIpc) is 3.09. The average molecular weight is 431 g/mol. The van der Waals surface area contributed by atoms with Crippen LogP contribution in [0.25, 0.3) is 11.2 Å². The molecule has 0 aromatic carbocycles. The van der Waals surface area contributed by atoms with Gasteiger partial charge in [-0.05, 0) is 12.8 Å². The number of carbonyl (C=O) groups excluding carboxylic acids is 2. The van der Waals surface area contributed by atoms with Crippen molar-refractivity contribution in [3.05, 3.63) is 6.33 Å². The predicted molar refractivity (Wildman–Crippen MR) is 102 cm³/mol. The van der Waals surface area contributed by atoms with Gasteiger partial charge < -0.3 is 14.5 Å². The van der Waals surface area contributed by atoms with Crippen LogP contribution in [0.2, 0.25) is 0 Å². The quantitative estimate of drug-likeness (QED) is 0.233. The Morgan fingerprint density at radius 1 is 1.14 bits per heavy atom. The molecule has 2 aromatic heterocycles. The predicted octanol–water partition coefficient (Wildman–Crippen LogP) is 1.79. The number of imidazole rings is 1. The van der Waals surface area contributed by atoms with Crippen LogP contribution in [0.5, 0.6) is 0 Å². The van der Waals surface area contributed by atoms with Gasteiger partial charge in [0.15, 0.2) is 5.65 Å². The molecule has 2 heterocycles. The minimum atomic E-state index is -4.01. The molecule has 0 unspecified atom stereocenters. The minimum Gasteiger partial charge on any atom is -0.454 e. The second-order valence-electron chi connectivity index (χ2n) is 5.58. The molecule has 154 valence electrons. The lowest BCUT2D eigenvalue weighted by atomic mass is 10.3. The Hall–Kier alpha value is -2.41. The Morgan fingerprint density at radius 3 is 2.50 bits per heavy atom. The molecule has 0 aliphatic heterocycles. The maximum absolute atomic E-state index is 12.1. The number of carbonyl (C=O) groups is 2. The van der Waals surface area contributed by atoms with Gasteiger partial charge in [-0.1, -0.05) is 25.6 Å². The Bertz CT molecular complexity index is 930. The van der Waals surface area contributed by atoms with Crippen molar-refractivity contribution in [2.45, 2.75) is 44.6 Å². The fourth-order valence-corrected chi connectivity index (χ4v) is 3.43. The highest BCUT2D eigenvalue weighted by molar-refractivity contribution is 7.99. The van der Waals surface area contributed by atoms with E-state index in [1.165, 1.54) is 6.33 Å². The zero-order valence-corrected chi connectivity index (χ0v) is 17.1. The third-order valence-corrected chi connectivity index (χ3v) is 4.92. The first-order chi connectivity index (χ1) is 13.3. The topological polar surface area (TPSA) is 153 Å². The van der Waals surface area contributed by atoms with E-state index in [1.807, 2.05) is 6.92 Å². The van der Waals surface area contributed by atoms with E-state index in [2.05, 4.69) is 24.7 Å². The van der Waals surface area contributed by atoms with Gasteiger partial charge in [0.25, 0.3) is 10.0 Å². The molecular formula is C15H21N5O6S2. The maximum Gasteiger partial charge on any atom is 0.306 e. The lowest BCUT2D eigenvalue weighted by Gasteiger charge is -2.09. The summed E-state index contributed by atoms with van der Waals surface area (Å²) >= 11 is 1.09. The van der Waals surface area contributed by atoms with Gasteiger partial charge in [0.1, 0.15) is 16.5 Å². The van der Waals surface area contributed by atoms with Crippen LogP contribution in [0.3, 0.4) is 0 Å². The zero-order valence-electron chi connectivity index (χ0n) is 15.4. The van der Waals surface area contributed by atoms with E-state index in [1.54, 1.807) is 6.92 Å². The number of hydrogen-bond donors (Lipinski definition) is 2. The first-order valence-electron chi connectivity index (χ1n) is 8.50. The molecule has 0 amide bonds. The molecule has 0 fully saturated rings. The van der Waals surface area contributed by atoms with Crippen molar-refractivity contribution in [3.63, 3.8) is 0 Å². The van der Waals surface area contributed by atoms with Crippen LogP contribution in [0, 0.1) is 0 Å². The van der Waals surface area contributed by atoms with E-state index in [0.29, 0.717) is 29.8 Å². The number of aromatic amines is 1. The fourth-order valence-electron chi connectivity index (χ4n) is 1.97. The van der Waals surface area contributed by atoms with E-state index < -0.39 is 21.9 Å². The molecule has 2 aromatic rings. The van der Waals surface area contributed by atoms with Crippen LogP contribution in [0.15, 0.2) is 11.4 Å². The SMILES string of the molecule is CCCC(=O)OCSc1nc(NS(=O)(=O)COC(=O)CCC)nc2nc[nH]c12. The van der Waals surface area contributed by atoms with Crippen LogP contribution in [-0.2, 0) is 29.1 Å². The highest BCUT2D eigenvalue weighted by Gasteiger charge is 2.18. The van der Waals surface area contributed by atoms with Gasteiger partial charge in [-0.25, -0.2) is 23.1 Å². The van der Waals surface area contributed by atoms with Crippen LogP contribution in [-0.4, -0.2) is 52.2 Å². The van der Waals surface area contributed by atoms with Gasteiger partial charge >= 0.3 is 11.9 Å². The number of sulfonamides is 1. The molecule has 0 atom stereocenters. The van der Waals surface area contributed by atoms with Gasteiger partial charge in [0.2, 0.25) is 11.9 Å². The van der Waals surface area contributed by atoms with Crippen molar-refractivity contribution in [2.75, 3.05) is 16.6 Å². The molecule has 0 aliphatic rings. The number of rotatable bonds is 11. The van der Waals surface area contributed by atoms with E-state index in [0.717, 1.165) is 11.8 Å². The fraction of sp³-hybridized carbons (Fsp3) is 0.533. The Labute approximate surface area is 166 Å². The van der Waals surface area contributed by atoms with Crippen LogP contribution in [0.1, 0.15) is 39.5 Å². The molecular weight excluding hydrogens is 410 g/mol. The zero-order chi connectivity index (χ0) is 20.6. The van der Waals surface area contributed by atoms with E-state index in [9.17, 15) is 18.0 Å². The highest BCUT2D eigenvalue weighted by Crippen LogP contribution is 2.25. The molecule has 0 saturated carbocycles. The smallest absolute Gasteiger partial charge is 0.306 e. The third-order valence-electron chi connectivity index (χ3n) is 3.20. The summed E-state index contributed by atoms with van der Waals surface area (Å²) in [6.45, 7) is 3.64. The van der Waals surface area contributed by atoms with E-state index in [4.69, 9.17) is 9.47 Å².